The van der Waals surface area contributed by atoms with Crippen molar-refractivity contribution in [3.63, 3.8) is 0 Å². The standard InChI is InChI=1S/C11H16N6O/c1-17-7-8(6-14-17)3-4-13-9-5-10(18-2)16-11(12)15-9/h5-7H,3-4H2,1-2H3,(H3,12,13,15,16). The lowest BCUT2D eigenvalue weighted by molar-refractivity contribution is 0.398. The normalized spacial score (nSPS) is 10.3. The van der Waals surface area contributed by atoms with Crippen LogP contribution in [0, 0.1) is 0 Å². The van der Waals surface area contributed by atoms with Crippen molar-refractivity contribution in [3.8, 4) is 5.88 Å². The zero-order chi connectivity index (χ0) is 13.0. The van der Waals surface area contributed by atoms with Gasteiger partial charge >= 0.3 is 0 Å². The molecule has 0 spiro atoms. The van der Waals surface area contributed by atoms with Gasteiger partial charge in [0.1, 0.15) is 5.82 Å². The highest BCUT2D eigenvalue weighted by Gasteiger charge is 2.02. The number of nitrogens with two attached hydrogens (primary N) is 1. The van der Waals surface area contributed by atoms with Crippen LogP contribution in [0.2, 0.25) is 0 Å². The number of methoxy groups -OCH3 is 1. The number of rotatable bonds is 5. The number of aryl methyl sites for hydroxylation is 1. The van der Waals surface area contributed by atoms with Crippen LogP contribution in [-0.4, -0.2) is 33.4 Å². The number of nitrogen functional groups attached to an aromatic ring is 1. The molecule has 2 aromatic heterocycles. The maximum Gasteiger partial charge on any atom is 0.225 e. The molecule has 7 nitrogen and oxygen atoms in total. The van der Waals surface area contributed by atoms with Gasteiger partial charge in [0.15, 0.2) is 0 Å². The van der Waals surface area contributed by atoms with Gasteiger partial charge in [-0.05, 0) is 12.0 Å². The highest BCUT2D eigenvalue weighted by molar-refractivity contribution is 5.42. The molecule has 0 aliphatic heterocycles. The van der Waals surface area contributed by atoms with Crippen molar-refractivity contribution in [1.29, 1.82) is 0 Å². The van der Waals surface area contributed by atoms with Gasteiger partial charge in [0, 0.05) is 25.9 Å². The third kappa shape index (κ3) is 3.09. The summed E-state index contributed by atoms with van der Waals surface area (Å²) in [7, 11) is 3.44. The molecule has 0 aliphatic rings. The first-order valence-corrected chi connectivity index (χ1v) is 5.57. The van der Waals surface area contributed by atoms with Gasteiger partial charge in [-0.15, -0.1) is 0 Å². The molecular weight excluding hydrogens is 232 g/mol. The van der Waals surface area contributed by atoms with Crippen LogP contribution in [0.1, 0.15) is 5.56 Å². The Balaban J connectivity index is 1.91. The quantitative estimate of drug-likeness (QED) is 0.798. The second kappa shape index (κ2) is 5.35. The molecular formula is C11H16N6O. The molecule has 0 fully saturated rings. The van der Waals surface area contributed by atoms with Gasteiger partial charge in [0.25, 0.3) is 0 Å². The lowest BCUT2D eigenvalue weighted by Gasteiger charge is -2.06. The zero-order valence-corrected chi connectivity index (χ0v) is 10.4. The smallest absolute Gasteiger partial charge is 0.225 e. The molecule has 2 rings (SSSR count). The van der Waals surface area contributed by atoms with Crippen LogP contribution >= 0.6 is 0 Å². The SMILES string of the molecule is COc1cc(NCCc2cnn(C)c2)nc(N)n1. The van der Waals surface area contributed by atoms with Gasteiger partial charge in [-0.2, -0.15) is 15.1 Å². The van der Waals surface area contributed by atoms with Gasteiger partial charge < -0.3 is 15.8 Å². The second-order valence-corrected chi connectivity index (χ2v) is 3.85. The minimum Gasteiger partial charge on any atom is -0.481 e. The Hall–Kier alpha value is -2.31. The fourth-order valence-corrected chi connectivity index (χ4v) is 1.57. The van der Waals surface area contributed by atoms with Crippen LogP contribution in [-0.2, 0) is 13.5 Å². The molecule has 18 heavy (non-hydrogen) atoms. The van der Waals surface area contributed by atoms with E-state index in [1.54, 1.807) is 17.9 Å². The van der Waals surface area contributed by atoms with E-state index in [0.717, 1.165) is 13.0 Å². The van der Waals surface area contributed by atoms with Crippen LogP contribution < -0.4 is 15.8 Å². The number of aromatic nitrogens is 4. The minimum atomic E-state index is 0.193. The first-order chi connectivity index (χ1) is 8.67. The summed E-state index contributed by atoms with van der Waals surface area (Å²) in [6, 6.07) is 1.71. The van der Waals surface area contributed by atoms with Crippen LogP contribution in [0.5, 0.6) is 5.88 Å². The number of nitrogens with zero attached hydrogens (tertiary/aromatic N) is 4. The summed E-state index contributed by atoms with van der Waals surface area (Å²) < 4.78 is 6.80. The fourth-order valence-electron chi connectivity index (χ4n) is 1.57. The maximum absolute atomic E-state index is 5.57. The maximum atomic E-state index is 5.57. The van der Waals surface area contributed by atoms with E-state index in [9.17, 15) is 0 Å². The van der Waals surface area contributed by atoms with Crippen molar-refractivity contribution in [1.82, 2.24) is 19.7 Å². The highest BCUT2D eigenvalue weighted by atomic mass is 16.5. The van der Waals surface area contributed by atoms with Gasteiger partial charge in [0.2, 0.25) is 11.8 Å². The van der Waals surface area contributed by atoms with Crippen LogP contribution in [0.15, 0.2) is 18.5 Å². The van der Waals surface area contributed by atoms with E-state index < -0.39 is 0 Å². The highest BCUT2D eigenvalue weighted by Crippen LogP contribution is 2.13. The molecule has 2 heterocycles. The zero-order valence-electron chi connectivity index (χ0n) is 10.4. The predicted molar refractivity (Wildman–Crippen MR) is 68.4 cm³/mol. The summed E-state index contributed by atoms with van der Waals surface area (Å²) in [5, 5.41) is 7.28. The largest absolute Gasteiger partial charge is 0.481 e. The molecule has 2 aromatic rings. The monoisotopic (exact) mass is 248 g/mol. The molecule has 0 aromatic carbocycles. The van der Waals surface area contributed by atoms with Crippen LogP contribution in [0.4, 0.5) is 11.8 Å². The first-order valence-electron chi connectivity index (χ1n) is 5.57. The molecule has 0 bridgehead atoms. The van der Waals surface area contributed by atoms with Crippen molar-refractivity contribution in [2.24, 2.45) is 7.05 Å². The van der Waals surface area contributed by atoms with Crippen LogP contribution in [0.3, 0.4) is 0 Å². The van der Waals surface area contributed by atoms with Gasteiger partial charge in [-0.1, -0.05) is 0 Å². The summed E-state index contributed by atoms with van der Waals surface area (Å²) in [6.07, 6.45) is 4.69. The molecule has 0 saturated heterocycles. The third-order valence-electron chi connectivity index (χ3n) is 2.41. The Bertz CT molecular complexity index is 524. The van der Waals surface area contributed by atoms with Gasteiger partial charge in [-0.25, -0.2) is 0 Å². The molecule has 3 N–H and O–H groups in total. The Kier molecular flexibility index (Phi) is 3.61. The second-order valence-electron chi connectivity index (χ2n) is 3.85. The average molecular weight is 248 g/mol. The Morgan fingerprint density at radius 2 is 2.28 bits per heavy atom. The molecule has 0 aliphatic carbocycles. The molecule has 96 valence electrons. The van der Waals surface area contributed by atoms with Crippen molar-refractivity contribution in [2.75, 3.05) is 24.7 Å². The summed E-state index contributed by atoms with van der Waals surface area (Å²) >= 11 is 0. The Labute approximate surface area is 105 Å². The first kappa shape index (κ1) is 12.2. The van der Waals surface area contributed by atoms with E-state index in [1.807, 2.05) is 19.4 Å². The predicted octanol–water partition coefficient (Wildman–Crippen LogP) is 0.455. The number of nitrogens with one attached hydrogen (secondary N) is 1. The van der Waals surface area contributed by atoms with Crippen molar-refractivity contribution in [3.05, 3.63) is 24.0 Å². The van der Waals surface area contributed by atoms with Crippen molar-refractivity contribution < 1.29 is 4.74 Å². The van der Waals surface area contributed by atoms with Gasteiger partial charge in [-0.3, -0.25) is 4.68 Å². The minimum absolute atomic E-state index is 0.193. The summed E-state index contributed by atoms with van der Waals surface area (Å²) in [5.41, 5.74) is 6.73. The number of hydrogen-bond acceptors (Lipinski definition) is 6. The van der Waals surface area contributed by atoms with E-state index in [4.69, 9.17) is 10.5 Å². The van der Waals surface area contributed by atoms with Crippen molar-refractivity contribution in [2.45, 2.75) is 6.42 Å². The Morgan fingerprint density at radius 3 is 2.94 bits per heavy atom. The molecule has 0 atom stereocenters. The van der Waals surface area contributed by atoms with E-state index >= 15 is 0 Å². The lowest BCUT2D eigenvalue weighted by Crippen LogP contribution is -2.08. The van der Waals surface area contributed by atoms with E-state index in [-0.39, 0.29) is 5.95 Å². The van der Waals surface area contributed by atoms with Crippen molar-refractivity contribution >= 4 is 11.8 Å². The fraction of sp³-hybridized carbons (Fsp3) is 0.364. The molecule has 7 heteroatoms. The van der Waals surface area contributed by atoms with E-state index in [1.165, 1.54) is 5.56 Å². The number of hydrogen-bond donors (Lipinski definition) is 2. The number of anilines is 2. The average Bonchev–Trinajstić information content (AvgIpc) is 2.74. The Morgan fingerprint density at radius 1 is 1.44 bits per heavy atom. The summed E-state index contributed by atoms with van der Waals surface area (Å²) in [6.45, 7) is 0.741. The summed E-state index contributed by atoms with van der Waals surface area (Å²) in [4.78, 5) is 7.99. The van der Waals surface area contributed by atoms with E-state index in [2.05, 4.69) is 20.4 Å². The lowest BCUT2D eigenvalue weighted by atomic mass is 10.2. The topological polar surface area (TPSA) is 90.9 Å². The number of ether oxygens (including phenoxy) is 1. The van der Waals surface area contributed by atoms with E-state index in [0.29, 0.717) is 11.7 Å². The molecule has 0 amide bonds. The van der Waals surface area contributed by atoms with Gasteiger partial charge in [0.05, 0.1) is 13.3 Å². The molecule has 0 saturated carbocycles. The van der Waals surface area contributed by atoms with Crippen LogP contribution in [0.25, 0.3) is 0 Å². The molecule has 0 radical (unpaired) electrons. The summed E-state index contributed by atoms with van der Waals surface area (Å²) in [5.74, 6) is 1.30. The molecule has 0 unspecified atom stereocenters. The third-order valence-corrected chi connectivity index (χ3v) is 2.41.